The first-order chi connectivity index (χ1) is 10.1. The van der Waals surface area contributed by atoms with Crippen LogP contribution in [0.2, 0.25) is 5.02 Å². The SMILES string of the molecule is CCNC(Cc1c(Cl)c(CC)nn1CC)C1(C)CCCO1. The van der Waals surface area contributed by atoms with Crippen LogP contribution in [0.1, 0.15) is 51.9 Å². The minimum absolute atomic E-state index is 0.103. The monoisotopic (exact) mass is 313 g/mol. The lowest BCUT2D eigenvalue weighted by molar-refractivity contribution is -0.0115. The van der Waals surface area contributed by atoms with E-state index in [1.165, 1.54) is 0 Å². The molecule has 120 valence electrons. The van der Waals surface area contributed by atoms with Crippen LogP contribution in [0.25, 0.3) is 0 Å². The molecule has 0 aromatic carbocycles. The Morgan fingerprint density at radius 2 is 2.19 bits per heavy atom. The molecule has 2 heterocycles. The molecule has 1 aromatic heterocycles. The average molecular weight is 314 g/mol. The van der Waals surface area contributed by atoms with Crippen molar-refractivity contribution >= 4 is 11.6 Å². The molecule has 1 aliphatic rings. The molecular formula is C16H28ClN3O. The highest BCUT2D eigenvalue weighted by Crippen LogP contribution is 2.32. The smallest absolute Gasteiger partial charge is 0.0850 e. The summed E-state index contributed by atoms with van der Waals surface area (Å²) in [6.07, 6.45) is 3.98. The first-order valence-electron chi connectivity index (χ1n) is 8.17. The molecule has 0 saturated carbocycles. The van der Waals surface area contributed by atoms with Crippen molar-refractivity contribution < 1.29 is 4.74 Å². The highest BCUT2D eigenvalue weighted by molar-refractivity contribution is 6.31. The van der Waals surface area contributed by atoms with Gasteiger partial charge in [-0.15, -0.1) is 0 Å². The summed E-state index contributed by atoms with van der Waals surface area (Å²) in [5, 5.41) is 9.06. The van der Waals surface area contributed by atoms with E-state index in [-0.39, 0.29) is 11.6 Å². The summed E-state index contributed by atoms with van der Waals surface area (Å²) < 4.78 is 8.08. The van der Waals surface area contributed by atoms with Crippen LogP contribution < -0.4 is 5.32 Å². The number of hydrogen-bond donors (Lipinski definition) is 1. The third kappa shape index (κ3) is 3.43. The molecule has 0 aliphatic carbocycles. The molecule has 0 bridgehead atoms. The van der Waals surface area contributed by atoms with Crippen molar-refractivity contribution in [3.05, 3.63) is 16.4 Å². The highest BCUT2D eigenvalue weighted by atomic mass is 35.5. The standard InChI is InChI=1S/C16H28ClN3O/c1-5-12-15(17)13(20(7-3)19-12)11-14(18-6-2)16(4)9-8-10-21-16/h14,18H,5-11H2,1-4H3. The second-order valence-corrected chi connectivity index (χ2v) is 6.33. The van der Waals surface area contributed by atoms with Crippen LogP contribution in [0, 0.1) is 0 Å². The minimum Gasteiger partial charge on any atom is -0.374 e. The highest BCUT2D eigenvalue weighted by Gasteiger charge is 2.39. The van der Waals surface area contributed by atoms with Crippen molar-refractivity contribution in [2.75, 3.05) is 13.2 Å². The first kappa shape index (κ1) is 16.8. The van der Waals surface area contributed by atoms with Crippen molar-refractivity contribution in [2.45, 2.75) is 71.6 Å². The van der Waals surface area contributed by atoms with Gasteiger partial charge in [0.1, 0.15) is 0 Å². The van der Waals surface area contributed by atoms with Gasteiger partial charge >= 0.3 is 0 Å². The van der Waals surface area contributed by atoms with Crippen LogP contribution in [-0.4, -0.2) is 34.6 Å². The number of likely N-dealkylation sites (N-methyl/N-ethyl adjacent to an activating group) is 1. The van der Waals surface area contributed by atoms with E-state index in [9.17, 15) is 0 Å². The third-order valence-corrected chi connectivity index (χ3v) is 4.96. The summed E-state index contributed by atoms with van der Waals surface area (Å²) in [5.74, 6) is 0. The maximum Gasteiger partial charge on any atom is 0.0850 e. The van der Waals surface area contributed by atoms with E-state index in [4.69, 9.17) is 16.3 Å². The fourth-order valence-electron chi connectivity index (χ4n) is 3.23. The van der Waals surface area contributed by atoms with E-state index in [2.05, 4.69) is 38.1 Å². The number of rotatable bonds is 7. The molecular weight excluding hydrogens is 286 g/mol. The Bertz CT molecular complexity index is 466. The van der Waals surface area contributed by atoms with E-state index in [0.29, 0.717) is 0 Å². The van der Waals surface area contributed by atoms with Gasteiger partial charge in [-0.3, -0.25) is 4.68 Å². The Labute approximate surface area is 133 Å². The van der Waals surface area contributed by atoms with Crippen LogP contribution in [-0.2, 0) is 24.1 Å². The van der Waals surface area contributed by atoms with Gasteiger partial charge in [0.05, 0.1) is 22.0 Å². The van der Waals surface area contributed by atoms with Gasteiger partial charge in [0.15, 0.2) is 0 Å². The quantitative estimate of drug-likeness (QED) is 0.840. The number of nitrogens with zero attached hydrogens (tertiary/aromatic N) is 2. The van der Waals surface area contributed by atoms with E-state index in [1.54, 1.807) is 0 Å². The molecule has 1 saturated heterocycles. The molecule has 0 radical (unpaired) electrons. The molecule has 1 aromatic rings. The van der Waals surface area contributed by atoms with Gasteiger partial charge in [-0.1, -0.05) is 25.4 Å². The Kier molecular flexibility index (Phi) is 5.69. The molecule has 0 spiro atoms. The molecule has 5 heteroatoms. The second-order valence-electron chi connectivity index (χ2n) is 5.96. The van der Waals surface area contributed by atoms with Crippen LogP contribution in [0.15, 0.2) is 0 Å². The summed E-state index contributed by atoms with van der Waals surface area (Å²) in [4.78, 5) is 0. The Balaban J connectivity index is 2.26. The van der Waals surface area contributed by atoms with Crippen LogP contribution in [0.4, 0.5) is 0 Å². The molecule has 0 amide bonds. The zero-order valence-corrected chi connectivity index (χ0v) is 14.5. The molecule has 2 rings (SSSR count). The molecule has 1 aliphatic heterocycles. The van der Waals surface area contributed by atoms with E-state index in [0.717, 1.165) is 61.8 Å². The third-order valence-electron chi connectivity index (χ3n) is 4.53. The van der Waals surface area contributed by atoms with E-state index in [1.807, 2.05) is 4.68 Å². The van der Waals surface area contributed by atoms with E-state index >= 15 is 0 Å². The summed E-state index contributed by atoms with van der Waals surface area (Å²) in [5.41, 5.74) is 2.04. The van der Waals surface area contributed by atoms with Crippen molar-refractivity contribution in [3.8, 4) is 0 Å². The van der Waals surface area contributed by atoms with Gasteiger partial charge < -0.3 is 10.1 Å². The predicted octanol–water partition coefficient (Wildman–Crippen LogP) is 3.21. The molecule has 21 heavy (non-hydrogen) atoms. The number of hydrogen-bond acceptors (Lipinski definition) is 3. The number of halogens is 1. The number of nitrogens with one attached hydrogen (secondary N) is 1. The van der Waals surface area contributed by atoms with E-state index < -0.39 is 0 Å². The van der Waals surface area contributed by atoms with Crippen molar-refractivity contribution in [2.24, 2.45) is 0 Å². The fourth-order valence-corrected chi connectivity index (χ4v) is 3.58. The molecule has 1 N–H and O–H groups in total. The average Bonchev–Trinajstić information content (AvgIpc) is 3.04. The van der Waals surface area contributed by atoms with Gasteiger partial charge in [0, 0.05) is 25.6 Å². The zero-order valence-electron chi connectivity index (χ0n) is 13.7. The van der Waals surface area contributed by atoms with Gasteiger partial charge in [0.25, 0.3) is 0 Å². The molecule has 4 nitrogen and oxygen atoms in total. The fraction of sp³-hybridized carbons (Fsp3) is 0.812. The summed E-state index contributed by atoms with van der Waals surface area (Å²) in [7, 11) is 0. The van der Waals surface area contributed by atoms with Crippen molar-refractivity contribution in [1.82, 2.24) is 15.1 Å². The normalized spacial score (nSPS) is 23.7. The largest absolute Gasteiger partial charge is 0.374 e. The Morgan fingerprint density at radius 3 is 2.71 bits per heavy atom. The second kappa shape index (κ2) is 7.12. The van der Waals surface area contributed by atoms with Gasteiger partial charge in [-0.05, 0) is 39.7 Å². The number of aromatic nitrogens is 2. The molecule has 2 unspecified atom stereocenters. The summed E-state index contributed by atoms with van der Waals surface area (Å²) in [6, 6.07) is 0.272. The van der Waals surface area contributed by atoms with Crippen molar-refractivity contribution in [3.63, 3.8) is 0 Å². The number of aryl methyl sites for hydroxylation is 2. The molecule has 1 fully saturated rings. The van der Waals surface area contributed by atoms with Gasteiger partial charge in [0.2, 0.25) is 0 Å². The van der Waals surface area contributed by atoms with Crippen molar-refractivity contribution in [1.29, 1.82) is 0 Å². The Hall–Kier alpha value is -0.580. The maximum absolute atomic E-state index is 6.55. The lowest BCUT2D eigenvalue weighted by Gasteiger charge is -2.34. The Morgan fingerprint density at radius 1 is 1.43 bits per heavy atom. The summed E-state index contributed by atoms with van der Waals surface area (Å²) in [6.45, 7) is 11.2. The zero-order chi connectivity index (χ0) is 15.5. The molecule has 2 atom stereocenters. The minimum atomic E-state index is -0.103. The summed E-state index contributed by atoms with van der Waals surface area (Å²) >= 11 is 6.55. The van der Waals surface area contributed by atoms with Crippen LogP contribution in [0.5, 0.6) is 0 Å². The van der Waals surface area contributed by atoms with Crippen LogP contribution in [0.3, 0.4) is 0 Å². The first-order valence-corrected chi connectivity index (χ1v) is 8.54. The van der Waals surface area contributed by atoms with Gasteiger partial charge in [-0.2, -0.15) is 5.10 Å². The maximum atomic E-state index is 6.55. The topological polar surface area (TPSA) is 39.1 Å². The lowest BCUT2D eigenvalue weighted by atomic mass is 9.89. The van der Waals surface area contributed by atoms with Crippen LogP contribution >= 0.6 is 11.6 Å². The predicted molar refractivity (Wildman–Crippen MR) is 87.0 cm³/mol. The lowest BCUT2D eigenvalue weighted by Crippen LogP contribution is -2.50. The van der Waals surface area contributed by atoms with Gasteiger partial charge in [-0.25, -0.2) is 0 Å². The number of ether oxygens (including phenoxy) is 1.